The van der Waals surface area contributed by atoms with E-state index in [4.69, 9.17) is 0 Å². The first-order valence-corrected chi connectivity index (χ1v) is 9.49. The number of phenolic OH excluding ortho intramolecular Hbond substituents is 1. The molecule has 0 saturated heterocycles. The van der Waals surface area contributed by atoms with Crippen LogP contribution in [0.3, 0.4) is 0 Å². The van der Waals surface area contributed by atoms with E-state index in [0.29, 0.717) is 12.0 Å². The average molecular weight is 357 g/mol. The van der Waals surface area contributed by atoms with E-state index in [1.54, 1.807) is 12.1 Å². The van der Waals surface area contributed by atoms with Gasteiger partial charge in [-0.05, 0) is 28.8 Å². The smallest absolute Gasteiger partial charge is 0.169 e. The van der Waals surface area contributed by atoms with Gasteiger partial charge in [0.1, 0.15) is 5.75 Å². The maximum absolute atomic E-state index is 13.2. The van der Waals surface area contributed by atoms with Crippen LogP contribution in [0, 0.1) is 0 Å². The topological polar surface area (TPSA) is 42.2 Å². The molecule has 1 heterocycles. The quantitative estimate of drug-likeness (QED) is 0.448. The molecule has 0 spiro atoms. The number of para-hydroxylation sites is 1. The van der Waals surface area contributed by atoms with Crippen molar-refractivity contribution in [2.24, 2.45) is 0 Å². The number of rotatable bonds is 6. The molecule has 0 atom stereocenters. The third-order valence-corrected chi connectivity index (χ3v) is 5.16. The second-order valence-electron chi connectivity index (χ2n) is 7.00. The van der Waals surface area contributed by atoms with E-state index in [-0.39, 0.29) is 11.5 Å². The number of carbonyl (C=O) groups excluding carboxylic acids is 1. The molecule has 1 aromatic heterocycles. The van der Waals surface area contributed by atoms with Crippen molar-refractivity contribution in [1.82, 2.24) is 4.57 Å². The van der Waals surface area contributed by atoms with E-state index in [1.165, 1.54) is 0 Å². The molecule has 0 saturated carbocycles. The highest BCUT2D eigenvalue weighted by atomic mass is 16.3. The molecule has 27 heavy (non-hydrogen) atoms. The molecule has 0 amide bonds. The van der Waals surface area contributed by atoms with Crippen LogP contribution >= 0.6 is 0 Å². The Labute approximate surface area is 158 Å². The van der Waals surface area contributed by atoms with Gasteiger partial charge in [0, 0.05) is 30.1 Å². The fourth-order valence-electron chi connectivity index (χ4n) is 3.78. The summed E-state index contributed by atoms with van der Waals surface area (Å²) < 4.78 is 2.02. The number of aromatic hydroxyl groups is 1. The molecule has 4 aromatic rings. The van der Waals surface area contributed by atoms with Gasteiger partial charge in [-0.3, -0.25) is 4.79 Å². The van der Waals surface area contributed by atoms with Gasteiger partial charge in [-0.25, -0.2) is 0 Å². The first-order valence-electron chi connectivity index (χ1n) is 9.49. The van der Waals surface area contributed by atoms with Gasteiger partial charge in [0.05, 0.1) is 5.52 Å². The second kappa shape index (κ2) is 7.28. The lowest BCUT2D eigenvalue weighted by Gasteiger charge is -2.06. The molecule has 0 aliphatic carbocycles. The van der Waals surface area contributed by atoms with Crippen LogP contribution in [0.1, 0.15) is 35.7 Å². The van der Waals surface area contributed by atoms with E-state index in [2.05, 4.69) is 25.1 Å². The van der Waals surface area contributed by atoms with E-state index >= 15 is 0 Å². The van der Waals surface area contributed by atoms with Gasteiger partial charge in [-0.2, -0.15) is 0 Å². The van der Waals surface area contributed by atoms with Crippen LogP contribution in [0.25, 0.3) is 21.7 Å². The molecule has 4 rings (SSSR count). The van der Waals surface area contributed by atoms with Crippen LogP contribution in [0.2, 0.25) is 0 Å². The van der Waals surface area contributed by atoms with E-state index in [9.17, 15) is 9.90 Å². The summed E-state index contributed by atoms with van der Waals surface area (Å²) in [6.07, 6.45) is 4.33. The number of carbonyl (C=O) groups is 1. The van der Waals surface area contributed by atoms with Crippen LogP contribution in [0.4, 0.5) is 0 Å². The molecular formula is C24H23NO2. The van der Waals surface area contributed by atoms with Crippen LogP contribution in [0.5, 0.6) is 5.75 Å². The monoisotopic (exact) mass is 357 g/mol. The van der Waals surface area contributed by atoms with Crippen LogP contribution in [0.15, 0.2) is 66.9 Å². The number of Topliss-reactive ketones (excluding diaryl/α,β-unsaturated/α-hetero) is 1. The Hall–Kier alpha value is -3.07. The van der Waals surface area contributed by atoms with Gasteiger partial charge in [0.25, 0.3) is 0 Å². The number of ketones is 1. The number of aromatic nitrogens is 1. The Morgan fingerprint density at radius 3 is 2.56 bits per heavy atom. The van der Waals surface area contributed by atoms with Crippen LogP contribution in [-0.4, -0.2) is 15.5 Å². The summed E-state index contributed by atoms with van der Waals surface area (Å²) in [6.45, 7) is 2.93. The van der Waals surface area contributed by atoms with Crippen molar-refractivity contribution < 1.29 is 9.90 Å². The lowest BCUT2D eigenvalue weighted by molar-refractivity contribution is 0.0994. The molecule has 0 radical (unpaired) electrons. The Bertz CT molecular complexity index is 1120. The summed E-state index contributed by atoms with van der Waals surface area (Å²) in [5.74, 6) is 0.310. The molecule has 0 fully saturated rings. The fraction of sp³-hybridized carbons (Fsp3) is 0.208. The number of aryl methyl sites for hydroxylation is 1. The van der Waals surface area contributed by atoms with Gasteiger partial charge in [0.2, 0.25) is 0 Å². The van der Waals surface area contributed by atoms with Crippen LogP contribution < -0.4 is 0 Å². The number of phenols is 1. The van der Waals surface area contributed by atoms with Gasteiger partial charge in [-0.15, -0.1) is 0 Å². The highest BCUT2D eigenvalue weighted by Gasteiger charge is 2.18. The minimum absolute atomic E-state index is 0.0807. The lowest BCUT2D eigenvalue weighted by atomic mass is 9.97. The minimum atomic E-state index is 0.0807. The zero-order valence-electron chi connectivity index (χ0n) is 15.5. The standard InChI is InChI=1S/C24H23NO2/c1-2-3-14-25-16-21(20-12-7-13-22(26)24(20)25)23(27)15-18-10-6-9-17-8-4-5-11-19(17)18/h4-13,16,26H,2-3,14-15H2,1H3. The Morgan fingerprint density at radius 1 is 0.963 bits per heavy atom. The molecule has 0 aliphatic heterocycles. The third-order valence-electron chi connectivity index (χ3n) is 5.16. The molecular weight excluding hydrogens is 334 g/mol. The first-order chi connectivity index (χ1) is 13.2. The molecule has 1 N–H and O–H groups in total. The summed E-state index contributed by atoms with van der Waals surface area (Å²) in [4.78, 5) is 13.2. The predicted octanol–water partition coefficient (Wildman–Crippen LogP) is 5.73. The summed E-state index contributed by atoms with van der Waals surface area (Å²) in [5.41, 5.74) is 2.48. The van der Waals surface area contributed by atoms with Crippen molar-refractivity contribution in [1.29, 1.82) is 0 Å². The van der Waals surface area contributed by atoms with Gasteiger partial charge < -0.3 is 9.67 Å². The Kier molecular flexibility index (Phi) is 4.68. The SMILES string of the molecule is CCCCn1cc(C(=O)Cc2cccc3ccccc23)c2cccc(O)c21. The summed E-state index contributed by atoms with van der Waals surface area (Å²) in [6, 6.07) is 19.6. The lowest BCUT2D eigenvalue weighted by Crippen LogP contribution is -2.04. The number of unbranched alkanes of at least 4 members (excludes halogenated alkanes) is 1. The van der Waals surface area contributed by atoms with E-state index in [0.717, 1.165) is 46.6 Å². The summed E-state index contributed by atoms with van der Waals surface area (Å²) in [5, 5.41) is 13.4. The second-order valence-corrected chi connectivity index (χ2v) is 7.00. The minimum Gasteiger partial charge on any atom is -0.506 e. The largest absolute Gasteiger partial charge is 0.506 e. The first kappa shape index (κ1) is 17.3. The van der Waals surface area contributed by atoms with Crippen molar-refractivity contribution in [2.45, 2.75) is 32.7 Å². The van der Waals surface area contributed by atoms with Crippen molar-refractivity contribution in [2.75, 3.05) is 0 Å². The normalized spacial score (nSPS) is 11.3. The highest BCUT2D eigenvalue weighted by Crippen LogP contribution is 2.31. The highest BCUT2D eigenvalue weighted by molar-refractivity contribution is 6.10. The molecule has 0 bridgehead atoms. The molecule has 3 nitrogen and oxygen atoms in total. The van der Waals surface area contributed by atoms with Gasteiger partial charge >= 0.3 is 0 Å². The summed E-state index contributed by atoms with van der Waals surface area (Å²) >= 11 is 0. The molecule has 0 unspecified atom stereocenters. The molecule has 136 valence electrons. The van der Waals surface area contributed by atoms with Crippen molar-refractivity contribution in [3.63, 3.8) is 0 Å². The number of nitrogens with zero attached hydrogens (tertiary/aromatic N) is 1. The number of fused-ring (bicyclic) bond motifs is 2. The molecule has 0 aliphatic rings. The van der Waals surface area contributed by atoms with Crippen molar-refractivity contribution >= 4 is 27.5 Å². The molecule has 3 heteroatoms. The van der Waals surface area contributed by atoms with Crippen LogP contribution in [-0.2, 0) is 13.0 Å². The Balaban J connectivity index is 1.75. The number of benzene rings is 3. The zero-order valence-corrected chi connectivity index (χ0v) is 15.5. The maximum atomic E-state index is 13.2. The van der Waals surface area contributed by atoms with Gasteiger partial charge in [0.15, 0.2) is 5.78 Å². The fourth-order valence-corrected chi connectivity index (χ4v) is 3.78. The number of hydrogen-bond donors (Lipinski definition) is 1. The Morgan fingerprint density at radius 2 is 1.70 bits per heavy atom. The van der Waals surface area contributed by atoms with E-state index < -0.39 is 0 Å². The number of hydrogen-bond acceptors (Lipinski definition) is 2. The van der Waals surface area contributed by atoms with Crippen molar-refractivity contribution in [3.8, 4) is 5.75 Å². The van der Waals surface area contributed by atoms with E-state index in [1.807, 2.05) is 41.1 Å². The van der Waals surface area contributed by atoms with Crippen molar-refractivity contribution in [3.05, 3.63) is 78.0 Å². The molecule has 3 aromatic carbocycles. The van der Waals surface area contributed by atoms with Gasteiger partial charge in [-0.1, -0.05) is 67.9 Å². The zero-order chi connectivity index (χ0) is 18.8. The summed E-state index contributed by atoms with van der Waals surface area (Å²) in [7, 11) is 0. The average Bonchev–Trinajstić information content (AvgIpc) is 3.07. The third kappa shape index (κ3) is 3.21. The predicted molar refractivity (Wildman–Crippen MR) is 110 cm³/mol. The maximum Gasteiger partial charge on any atom is 0.169 e.